The fourth-order valence-corrected chi connectivity index (χ4v) is 4.09. The van der Waals surface area contributed by atoms with Gasteiger partial charge < -0.3 is 15.4 Å². The SMILES string of the molecule is COc1cccc(NC(=O)N[C@@H](C)[C@H]2C[C@@H]3CC[C@@H]2C3)c1. The van der Waals surface area contributed by atoms with Gasteiger partial charge in [0, 0.05) is 17.8 Å². The third-order valence-corrected chi connectivity index (χ3v) is 5.12. The van der Waals surface area contributed by atoms with Crippen LogP contribution < -0.4 is 15.4 Å². The molecule has 0 unspecified atom stereocenters. The van der Waals surface area contributed by atoms with Gasteiger partial charge in [0.05, 0.1) is 7.11 Å². The number of benzene rings is 1. The summed E-state index contributed by atoms with van der Waals surface area (Å²) < 4.78 is 5.16. The van der Waals surface area contributed by atoms with Crippen LogP contribution in [-0.4, -0.2) is 19.2 Å². The van der Waals surface area contributed by atoms with E-state index in [0.29, 0.717) is 5.92 Å². The average molecular weight is 288 g/mol. The lowest BCUT2D eigenvalue weighted by molar-refractivity contribution is 0.230. The summed E-state index contributed by atoms with van der Waals surface area (Å²) in [5, 5.41) is 5.99. The van der Waals surface area contributed by atoms with Crippen molar-refractivity contribution in [3.05, 3.63) is 24.3 Å². The van der Waals surface area contributed by atoms with Crippen molar-refractivity contribution < 1.29 is 9.53 Å². The molecule has 0 heterocycles. The number of carbonyl (C=O) groups excluding carboxylic acids is 1. The van der Waals surface area contributed by atoms with Gasteiger partial charge in [-0.1, -0.05) is 12.5 Å². The van der Waals surface area contributed by atoms with Crippen LogP contribution in [0.15, 0.2) is 24.3 Å². The molecule has 0 aliphatic heterocycles. The van der Waals surface area contributed by atoms with Crippen LogP contribution in [0.25, 0.3) is 0 Å². The summed E-state index contributed by atoms with van der Waals surface area (Å²) in [5.41, 5.74) is 0.756. The molecule has 2 aliphatic rings. The highest BCUT2D eigenvalue weighted by Gasteiger charge is 2.42. The molecule has 114 valence electrons. The number of anilines is 1. The van der Waals surface area contributed by atoms with Crippen LogP contribution in [0.1, 0.15) is 32.6 Å². The molecular formula is C17H24N2O2. The molecule has 1 aromatic carbocycles. The standard InChI is InChI=1S/C17H24N2O2/c1-11(16-9-12-6-7-13(16)8-12)18-17(20)19-14-4-3-5-15(10-14)21-2/h3-5,10-13,16H,6-9H2,1-2H3,(H2,18,19,20)/t11-,12+,13+,16+/m0/s1. The van der Waals surface area contributed by atoms with Crippen molar-refractivity contribution >= 4 is 11.7 Å². The van der Waals surface area contributed by atoms with Crippen molar-refractivity contribution in [2.45, 2.75) is 38.6 Å². The lowest BCUT2D eigenvalue weighted by Gasteiger charge is -2.28. The third-order valence-electron chi connectivity index (χ3n) is 5.12. The van der Waals surface area contributed by atoms with E-state index in [1.807, 2.05) is 24.3 Å². The molecule has 2 saturated carbocycles. The largest absolute Gasteiger partial charge is 0.497 e. The molecule has 0 radical (unpaired) electrons. The lowest BCUT2D eigenvalue weighted by atomic mass is 9.84. The van der Waals surface area contributed by atoms with Crippen molar-refractivity contribution in [1.29, 1.82) is 0 Å². The Hall–Kier alpha value is -1.71. The molecule has 21 heavy (non-hydrogen) atoms. The quantitative estimate of drug-likeness (QED) is 0.888. The average Bonchev–Trinajstić information content (AvgIpc) is 3.10. The van der Waals surface area contributed by atoms with E-state index < -0.39 is 0 Å². The molecule has 0 aromatic heterocycles. The number of carbonyl (C=O) groups is 1. The maximum Gasteiger partial charge on any atom is 0.319 e. The maximum absolute atomic E-state index is 12.1. The zero-order valence-corrected chi connectivity index (χ0v) is 12.8. The van der Waals surface area contributed by atoms with Gasteiger partial charge in [0.1, 0.15) is 5.75 Å². The molecule has 0 saturated heterocycles. The van der Waals surface area contributed by atoms with E-state index in [2.05, 4.69) is 17.6 Å². The predicted molar refractivity (Wildman–Crippen MR) is 83.5 cm³/mol. The van der Waals surface area contributed by atoms with Gasteiger partial charge in [-0.25, -0.2) is 4.79 Å². The van der Waals surface area contributed by atoms with Crippen LogP contribution in [0.4, 0.5) is 10.5 Å². The highest BCUT2D eigenvalue weighted by Crippen LogP contribution is 2.49. The fraction of sp³-hybridized carbons (Fsp3) is 0.588. The predicted octanol–water partition coefficient (Wildman–Crippen LogP) is 3.64. The Morgan fingerprint density at radius 3 is 2.86 bits per heavy atom. The molecular weight excluding hydrogens is 264 g/mol. The molecule has 2 aliphatic carbocycles. The number of amides is 2. The van der Waals surface area contributed by atoms with Crippen LogP contribution in [0, 0.1) is 17.8 Å². The van der Waals surface area contributed by atoms with E-state index in [1.165, 1.54) is 25.7 Å². The smallest absolute Gasteiger partial charge is 0.319 e. The number of fused-ring (bicyclic) bond motifs is 2. The van der Waals surface area contributed by atoms with Gasteiger partial charge in [0.2, 0.25) is 0 Å². The van der Waals surface area contributed by atoms with Crippen LogP contribution in [-0.2, 0) is 0 Å². The van der Waals surface area contributed by atoms with Crippen molar-refractivity contribution in [1.82, 2.24) is 5.32 Å². The highest BCUT2D eigenvalue weighted by molar-refractivity contribution is 5.89. The second-order valence-corrected chi connectivity index (χ2v) is 6.46. The van der Waals surface area contributed by atoms with Crippen LogP contribution in [0.5, 0.6) is 5.75 Å². The Bertz CT molecular complexity index is 517. The van der Waals surface area contributed by atoms with Crippen molar-refractivity contribution in [3.8, 4) is 5.75 Å². The first-order valence-electron chi connectivity index (χ1n) is 7.87. The number of urea groups is 1. The van der Waals surface area contributed by atoms with E-state index in [0.717, 1.165) is 23.3 Å². The number of ether oxygens (including phenoxy) is 1. The molecule has 3 rings (SSSR count). The topological polar surface area (TPSA) is 50.4 Å². The first-order valence-corrected chi connectivity index (χ1v) is 7.87. The van der Waals surface area contributed by atoms with E-state index in [1.54, 1.807) is 7.11 Å². The molecule has 4 atom stereocenters. The highest BCUT2D eigenvalue weighted by atomic mass is 16.5. The first kappa shape index (κ1) is 14.2. The molecule has 4 heteroatoms. The molecule has 4 nitrogen and oxygen atoms in total. The van der Waals surface area contributed by atoms with E-state index >= 15 is 0 Å². The Kier molecular flexibility index (Phi) is 4.04. The van der Waals surface area contributed by atoms with Gasteiger partial charge in [0.25, 0.3) is 0 Å². The van der Waals surface area contributed by atoms with Gasteiger partial charge in [-0.2, -0.15) is 0 Å². The molecule has 2 amide bonds. The third kappa shape index (κ3) is 3.14. The molecule has 2 fully saturated rings. The molecule has 2 bridgehead atoms. The number of hydrogen-bond acceptors (Lipinski definition) is 2. The van der Waals surface area contributed by atoms with Crippen molar-refractivity contribution in [2.75, 3.05) is 12.4 Å². The van der Waals surface area contributed by atoms with Crippen molar-refractivity contribution in [3.63, 3.8) is 0 Å². The van der Waals surface area contributed by atoms with Gasteiger partial charge in [-0.15, -0.1) is 0 Å². The zero-order chi connectivity index (χ0) is 14.8. The summed E-state index contributed by atoms with van der Waals surface area (Å²) in [6.45, 7) is 2.14. The van der Waals surface area contributed by atoms with E-state index in [9.17, 15) is 4.79 Å². The van der Waals surface area contributed by atoms with Gasteiger partial charge >= 0.3 is 6.03 Å². The summed E-state index contributed by atoms with van der Waals surface area (Å²) in [6, 6.07) is 7.53. The van der Waals surface area contributed by atoms with Gasteiger partial charge in [-0.05, 0) is 56.1 Å². The Morgan fingerprint density at radius 2 is 2.19 bits per heavy atom. The maximum atomic E-state index is 12.1. The summed E-state index contributed by atoms with van der Waals surface area (Å²) in [5.74, 6) is 3.13. The lowest BCUT2D eigenvalue weighted by Crippen LogP contribution is -2.42. The van der Waals surface area contributed by atoms with Crippen LogP contribution in [0.2, 0.25) is 0 Å². The molecule has 2 N–H and O–H groups in total. The number of rotatable bonds is 4. The first-order chi connectivity index (χ1) is 10.2. The second-order valence-electron chi connectivity index (χ2n) is 6.46. The van der Waals surface area contributed by atoms with Gasteiger partial charge in [0.15, 0.2) is 0 Å². The molecule has 0 spiro atoms. The number of hydrogen-bond donors (Lipinski definition) is 2. The minimum atomic E-state index is -0.126. The Balaban J connectivity index is 1.53. The zero-order valence-electron chi connectivity index (χ0n) is 12.8. The van der Waals surface area contributed by atoms with Crippen molar-refractivity contribution in [2.24, 2.45) is 17.8 Å². The minimum absolute atomic E-state index is 0.126. The van der Waals surface area contributed by atoms with E-state index in [-0.39, 0.29) is 12.1 Å². The van der Waals surface area contributed by atoms with Crippen LogP contribution >= 0.6 is 0 Å². The van der Waals surface area contributed by atoms with Crippen LogP contribution in [0.3, 0.4) is 0 Å². The summed E-state index contributed by atoms with van der Waals surface area (Å²) >= 11 is 0. The summed E-state index contributed by atoms with van der Waals surface area (Å²) in [4.78, 5) is 12.1. The minimum Gasteiger partial charge on any atom is -0.497 e. The fourth-order valence-electron chi connectivity index (χ4n) is 4.09. The summed E-state index contributed by atoms with van der Waals surface area (Å²) in [7, 11) is 1.62. The number of nitrogens with one attached hydrogen (secondary N) is 2. The Morgan fingerprint density at radius 1 is 1.33 bits per heavy atom. The number of methoxy groups -OCH3 is 1. The Labute approximate surface area is 126 Å². The summed E-state index contributed by atoms with van der Waals surface area (Å²) in [6.07, 6.45) is 5.39. The van der Waals surface area contributed by atoms with E-state index in [4.69, 9.17) is 4.74 Å². The monoisotopic (exact) mass is 288 g/mol. The second kappa shape index (κ2) is 5.96. The van der Waals surface area contributed by atoms with Gasteiger partial charge in [-0.3, -0.25) is 0 Å². The normalized spacial score (nSPS) is 28.2. The molecule has 1 aromatic rings.